The number of nitrogens with zero attached hydrogens (tertiary/aromatic N) is 4. The summed E-state index contributed by atoms with van der Waals surface area (Å²) in [5.74, 6) is 0.268. The van der Waals surface area contributed by atoms with Crippen LogP contribution in [0.4, 0.5) is 0 Å². The molecule has 2 heterocycles. The van der Waals surface area contributed by atoms with Crippen LogP contribution in [0.15, 0.2) is 24.5 Å². The van der Waals surface area contributed by atoms with E-state index >= 15 is 0 Å². The molecule has 0 aliphatic carbocycles. The smallest absolute Gasteiger partial charge is 0.324 e. The predicted octanol–water partition coefficient (Wildman–Crippen LogP) is 1.59. The van der Waals surface area contributed by atoms with Crippen molar-refractivity contribution in [3.8, 4) is 0 Å². The highest BCUT2D eigenvalue weighted by Gasteiger charge is 2.27. The largest absolute Gasteiger partial charge is 0.480 e. The third-order valence-corrected chi connectivity index (χ3v) is 4.12. The minimum absolute atomic E-state index is 0.00623. The van der Waals surface area contributed by atoms with Crippen molar-refractivity contribution < 1.29 is 9.90 Å². The van der Waals surface area contributed by atoms with E-state index < -0.39 is 12.0 Å². The lowest BCUT2D eigenvalue weighted by molar-refractivity contribution is -0.142. The van der Waals surface area contributed by atoms with E-state index in [0.717, 1.165) is 38.5 Å². The number of aromatic nitrogens is 2. The van der Waals surface area contributed by atoms with Crippen LogP contribution in [0.25, 0.3) is 0 Å². The molecule has 6 nitrogen and oxygen atoms in total. The fourth-order valence-electron chi connectivity index (χ4n) is 2.69. The number of allylic oxidation sites excluding steroid dienone is 1. The molecule has 0 amide bonds. The van der Waals surface area contributed by atoms with E-state index in [9.17, 15) is 9.90 Å². The molecular formula is C17H28N4O2. The first-order chi connectivity index (χ1) is 10.8. The maximum absolute atomic E-state index is 11.6. The maximum atomic E-state index is 11.6. The summed E-state index contributed by atoms with van der Waals surface area (Å²) >= 11 is 0. The van der Waals surface area contributed by atoms with Gasteiger partial charge in [0.15, 0.2) is 0 Å². The first-order valence-corrected chi connectivity index (χ1v) is 8.11. The van der Waals surface area contributed by atoms with E-state index in [1.165, 1.54) is 0 Å². The lowest BCUT2D eigenvalue weighted by Crippen LogP contribution is -2.51. The Labute approximate surface area is 138 Å². The zero-order valence-electron chi connectivity index (χ0n) is 14.6. The first kappa shape index (κ1) is 17.7. The van der Waals surface area contributed by atoms with Crippen LogP contribution in [0.1, 0.15) is 26.6 Å². The molecule has 0 saturated carbocycles. The van der Waals surface area contributed by atoms with Crippen molar-refractivity contribution in [3.63, 3.8) is 0 Å². The van der Waals surface area contributed by atoms with Crippen LogP contribution < -0.4 is 0 Å². The number of carbonyl (C=O) groups is 1. The Morgan fingerprint density at radius 3 is 2.48 bits per heavy atom. The minimum atomic E-state index is -0.775. The molecule has 1 aromatic heterocycles. The average Bonchev–Trinajstić information content (AvgIpc) is 2.84. The molecule has 1 aliphatic rings. The number of aliphatic carboxylic acids is 1. The molecule has 0 aromatic carbocycles. The highest BCUT2D eigenvalue weighted by molar-refractivity contribution is 5.75. The zero-order chi connectivity index (χ0) is 17.0. The molecule has 0 radical (unpaired) electrons. The van der Waals surface area contributed by atoms with Gasteiger partial charge in [-0.2, -0.15) is 0 Å². The lowest BCUT2D eigenvalue weighted by atomic mass is 9.95. The zero-order valence-corrected chi connectivity index (χ0v) is 14.6. The van der Waals surface area contributed by atoms with Crippen LogP contribution >= 0.6 is 0 Å². The molecule has 1 N–H and O–H groups in total. The van der Waals surface area contributed by atoms with Gasteiger partial charge in [-0.3, -0.25) is 14.6 Å². The number of piperazine rings is 1. The number of carboxylic acid groups (broad SMARTS) is 1. The number of carboxylic acids is 1. The SMILES string of the molecule is Cn1ccnc1CN1CCN([C@H](/C=C/C(C)(C)C)C(=O)O)CC1. The molecule has 0 unspecified atom stereocenters. The normalized spacial score (nSPS) is 19.3. The number of imidazole rings is 1. The summed E-state index contributed by atoms with van der Waals surface area (Å²) in [6.07, 6.45) is 7.58. The van der Waals surface area contributed by atoms with Crippen molar-refractivity contribution in [3.05, 3.63) is 30.4 Å². The van der Waals surface area contributed by atoms with Gasteiger partial charge in [0.05, 0.1) is 6.54 Å². The summed E-state index contributed by atoms with van der Waals surface area (Å²) in [6, 6.07) is -0.537. The van der Waals surface area contributed by atoms with Gasteiger partial charge in [-0.1, -0.05) is 32.9 Å². The van der Waals surface area contributed by atoms with E-state index in [1.54, 1.807) is 0 Å². The van der Waals surface area contributed by atoms with Gasteiger partial charge in [0.25, 0.3) is 0 Å². The Morgan fingerprint density at radius 1 is 1.35 bits per heavy atom. The first-order valence-electron chi connectivity index (χ1n) is 8.11. The lowest BCUT2D eigenvalue weighted by Gasteiger charge is -2.36. The summed E-state index contributed by atoms with van der Waals surface area (Å²) in [5, 5.41) is 9.51. The van der Waals surface area contributed by atoms with Crippen LogP contribution in [0.2, 0.25) is 0 Å². The van der Waals surface area contributed by atoms with E-state index in [1.807, 2.05) is 41.1 Å². The molecular weight excluding hydrogens is 292 g/mol. The van der Waals surface area contributed by atoms with E-state index in [-0.39, 0.29) is 5.41 Å². The van der Waals surface area contributed by atoms with Gasteiger partial charge < -0.3 is 9.67 Å². The molecule has 0 bridgehead atoms. The van der Waals surface area contributed by atoms with Crippen LogP contribution in [0, 0.1) is 5.41 Å². The van der Waals surface area contributed by atoms with Gasteiger partial charge in [-0.15, -0.1) is 0 Å². The monoisotopic (exact) mass is 320 g/mol. The predicted molar refractivity (Wildman–Crippen MR) is 90.1 cm³/mol. The standard InChI is InChI=1S/C17H28N4O2/c1-17(2,3)6-5-14(16(22)23)21-11-9-20(10-12-21)13-15-18-7-8-19(15)4/h5-8,14H,9-13H2,1-4H3,(H,22,23)/b6-5+/t14-/m1/s1. The minimum Gasteiger partial charge on any atom is -0.480 e. The van der Waals surface area contributed by atoms with Crippen molar-refractivity contribution in [1.82, 2.24) is 19.4 Å². The van der Waals surface area contributed by atoms with E-state index in [0.29, 0.717) is 0 Å². The van der Waals surface area contributed by atoms with Gasteiger partial charge in [0, 0.05) is 45.6 Å². The topological polar surface area (TPSA) is 61.6 Å². The second kappa shape index (κ2) is 7.27. The van der Waals surface area contributed by atoms with E-state index in [2.05, 4.69) is 30.7 Å². The summed E-state index contributed by atoms with van der Waals surface area (Å²) in [4.78, 5) is 20.3. The Hall–Kier alpha value is -1.66. The van der Waals surface area contributed by atoms with E-state index in [4.69, 9.17) is 0 Å². The summed E-state index contributed by atoms with van der Waals surface area (Å²) in [5.41, 5.74) is -0.00623. The number of rotatable bonds is 5. The fourth-order valence-corrected chi connectivity index (χ4v) is 2.69. The molecule has 128 valence electrons. The van der Waals surface area contributed by atoms with Crippen molar-refractivity contribution in [2.45, 2.75) is 33.4 Å². The van der Waals surface area contributed by atoms with Crippen LogP contribution in [-0.4, -0.2) is 62.6 Å². The molecule has 1 atom stereocenters. The molecule has 2 rings (SSSR count). The molecule has 1 saturated heterocycles. The van der Waals surface area contributed by atoms with Crippen molar-refractivity contribution >= 4 is 5.97 Å². The molecule has 1 aromatic rings. The highest BCUT2D eigenvalue weighted by atomic mass is 16.4. The number of hydrogen-bond acceptors (Lipinski definition) is 4. The molecule has 0 spiro atoms. The van der Waals surface area contributed by atoms with Crippen LogP contribution in [-0.2, 0) is 18.4 Å². The van der Waals surface area contributed by atoms with Crippen LogP contribution in [0.5, 0.6) is 0 Å². The Morgan fingerprint density at radius 2 is 2.00 bits per heavy atom. The third-order valence-electron chi connectivity index (χ3n) is 4.12. The summed E-state index contributed by atoms with van der Waals surface area (Å²) in [7, 11) is 2.00. The fraction of sp³-hybridized carbons (Fsp3) is 0.647. The van der Waals surface area contributed by atoms with Crippen LogP contribution in [0.3, 0.4) is 0 Å². The Bertz CT molecular complexity index is 551. The number of hydrogen-bond donors (Lipinski definition) is 1. The third kappa shape index (κ3) is 5.18. The molecule has 1 fully saturated rings. The quantitative estimate of drug-likeness (QED) is 0.835. The van der Waals surface area contributed by atoms with Gasteiger partial charge in [-0.05, 0) is 5.41 Å². The summed E-state index contributed by atoms with van der Waals surface area (Å²) < 4.78 is 2.03. The van der Waals surface area contributed by atoms with Gasteiger partial charge >= 0.3 is 5.97 Å². The van der Waals surface area contributed by atoms with Crippen molar-refractivity contribution in [1.29, 1.82) is 0 Å². The average molecular weight is 320 g/mol. The van der Waals surface area contributed by atoms with Gasteiger partial charge in [0.1, 0.15) is 11.9 Å². The Balaban J connectivity index is 1.92. The maximum Gasteiger partial charge on any atom is 0.324 e. The molecule has 1 aliphatic heterocycles. The summed E-state index contributed by atoms with van der Waals surface area (Å²) in [6.45, 7) is 10.3. The van der Waals surface area contributed by atoms with Crippen molar-refractivity contribution in [2.24, 2.45) is 12.5 Å². The second-order valence-electron chi connectivity index (χ2n) is 7.27. The number of aryl methyl sites for hydroxylation is 1. The van der Waals surface area contributed by atoms with Crippen molar-refractivity contribution in [2.75, 3.05) is 26.2 Å². The molecule has 6 heteroatoms. The second-order valence-corrected chi connectivity index (χ2v) is 7.27. The van der Waals surface area contributed by atoms with Gasteiger partial charge in [-0.25, -0.2) is 4.98 Å². The molecule has 23 heavy (non-hydrogen) atoms. The Kier molecular flexibility index (Phi) is 5.59. The highest BCUT2D eigenvalue weighted by Crippen LogP contribution is 2.17. The van der Waals surface area contributed by atoms with Gasteiger partial charge in [0.2, 0.25) is 0 Å².